The third-order valence-electron chi connectivity index (χ3n) is 6.07. The molecule has 0 aromatic heterocycles. The number of carbonyl (C=O) groups excluding carboxylic acids is 2. The van der Waals surface area contributed by atoms with Crippen LogP contribution in [0.1, 0.15) is 44.9 Å². The fourth-order valence-electron chi connectivity index (χ4n) is 5.56. The maximum atomic E-state index is 13.0. The monoisotopic (exact) mass is 322 g/mol. The van der Waals surface area contributed by atoms with E-state index in [4.69, 9.17) is 4.74 Å². The summed E-state index contributed by atoms with van der Waals surface area (Å²) in [5, 5.41) is 2.86. The quantitative estimate of drug-likeness (QED) is 0.727. The minimum Gasteiger partial charge on any atom is -0.385 e. The van der Waals surface area contributed by atoms with Crippen molar-refractivity contribution in [2.24, 2.45) is 23.2 Å². The first-order chi connectivity index (χ1) is 11.0. The molecule has 4 bridgehead atoms. The lowest BCUT2D eigenvalue weighted by atomic mass is 9.49. The van der Waals surface area contributed by atoms with Gasteiger partial charge < -0.3 is 15.0 Å². The van der Waals surface area contributed by atoms with Crippen LogP contribution in [0.15, 0.2) is 0 Å². The van der Waals surface area contributed by atoms with Crippen LogP contribution in [0.3, 0.4) is 0 Å². The molecular weight excluding hydrogens is 292 g/mol. The van der Waals surface area contributed by atoms with Crippen molar-refractivity contribution in [2.45, 2.75) is 44.9 Å². The Kier molecular flexibility index (Phi) is 4.95. The number of carbonyl (C=O) groups is 2. The lowest BCUT2D eigenvalue weighted by Gasteiger charge is -2.56. The van der Waals surface area contributed by atoms with Crippen LogP contribution >= 0.6 is 0 Å². The maximum Gasteiger partial charge on any atom is 0.239 e. The van der Waals surface area contributed by atoms with E-state index in [9.17, 15) is 9.59 Å². The molecule has 0 radical (unpaired) electrons. The van der Waals surface area contributed by atoms with Crippen LogP contribution in [0.4, 0.5) is 0 Å². The molecule has 0 aromatic carbocycles. The minimum atomic E-state index is -0.153. The first-order valence-corrected chi connectivity index (χ1v) is 9.03. The molecule has 4 aliphatic carbocycles. The van der Waals surface area contributed by atoms with Gasteiger partial charge in [-0.3, -0.25) is 9.59 Å². The third-order valence-corrected chi connectivity index (χ3v) is 6.07. The Morgan fingerprint density at radius 1 is 1.13 bits per heavy atom. The molecule has 4 aliphatic rings. The van der Waals surface area contributed by atoms with Gasteiger partial charge in [0.15, 0.2) is 0 Å². The molecule has 2 amide bonds. The number of nitrogens with zero attached hydrogens (tertiary/aromatic N) is 1. The maximum absolute atomic E-state index is 13.0. The van der Waals surface area contributed by atoms with Crippen molar-refractivity contribution in [3.8, 4) is 0 Å². The first-order valence-electron chi connectivity index (χ1n) is 9.03. The molecule has 0 aliphatic heterocycles. The van der Waals surface area contributed by atoms with E-state index in [0.29, 0.717) is 13.2 Å². The Morgan fingerprint density at radius 3 is 2.22 bits per heavy atom. The predicted molar refractivity (Wildman–Crippen MR) is 87.7 cm³/mol. The Hall–Kier alpha value is -1.10. The van der Waals surface area contributed by atoms with Crippen molar-refractivity contribution >= 4 is 11.8 Å². The molecular formula is C18H30N2O3. The Labute approximate surface area is 139 Å². The predicted octanol–water partition coefficient (Wildman–Crippen LogP) is 1.81. The molecule has 4 rings (SSSR count). The summed E-state index contributed by atoms with van der Waals surface area (Å²) >= 11 is 0. The summed E-state index contributed by atoms with van der Waals surface area (Å²) in [7, 11) is 3.44. The summed E-state index contributed by atoms with van der Waals surface area (Å²) in [5.41, 5.74) is -0.153. The van der Waals surface area contributed by atoms with Gasteiger partial charge in [-0.2, -0.15) is 0 Å². The van der Waals surface area contributed by atoms with Crippen molar-refractivity contribution in [3.63, 3.8) is 0 Å². The highest BCUT2D eigenvalue weighted by Crippen LogP contribution is 2.60. The second-order valence-electron chi connectivity index (χ2n) is 8.06. The Bertz CT molecular complexity index is 428. The van der Waals surface area contributed by atoms with E-state index in [1.807, 2.05) is 0 Å². The largest absolute Gasteiger partial charge is 0.385 e. The average molecular weight is 322 g/mol. The molecule has 5 heteroatoms. The van der Waals surface area contributed by atoms with E-state index >= 15 is 0 Å². The number of likely N-dealkylation sites (N-methyl/N-ethyl adjacent to an activating group) is 1. The van der Waals surface area contributed by atoms with Crippen molar-refractivity contribution in [1.29, 1.82) is 0 Å². The molecule has 5 nitrogen and oxygen atoms in total. The summed E-state index contributed by atoms with van der Waals surface area (Å²) in [6.45, 7) is 1.42. The van der Waals surface area contributed by atoms with Crippen LogP contribution in [0.25, 0.3) is 0 Å². The molecule has 0 unspecified atom stereocenters. The van der Waals surface area contributed by atoms with E-state index in [1.54, 1.807) is 19.1 Å². The van der Waals surface area contributed by atoms with Crippen LogP contribution in [0, 0.1) is 23.2 Å². The van der Waals surface area contributed by atoms with Crippen molar-refractivity contribution in [3.05, 3.63) is 0 Å². The molecule has 0 aromatic rings. The summed E-state index contributed by atoms with van der Waals surface area (Å²) < 4.78 is 4.96. The second kappa shape index (κ2) is 6.80. The lowest BCUT2D eigenvalue weighted by molar-refractivity contribution is -0.157. The van der Waals surface area contributed by atoms with Gasteiger partial charge in [0, 0.05) is 27.3 Å². The number of hydrogen-bond donors (Lipinski definition) is 1. The highest BCUT2D eigenvalue weighted by molar-refractivity contribution is 5.88. The molecule has 23 heavy (non-hydrogen) atoms. The van der Waals surface area contributed by atoms with Crippen LogP contribution in [0.5, 0.6) is 0 Å². The molecule has 4 saturated carbocycles. The van der Waals surface area contributed by atoms with E-state index < -0.39 is 0 Å². The van der Waals surface area contributed by atoms with E-state index in [-0.39, 0.29) is 23.8 Å². The highest BCUT2D eigenvalue weighted by atomic mass is 16.5. The summed E-state index contributed by atoms with van der Waals surface area (Å²) in [6, 6.07) is 0. The van der Waals surface area contributed by atoms with Gasteiger partial charge in [-0.15, -0.1) is 0 Å². The Balaban J connectivity index is 1.52. The lowest BCUT2D eigenvalue weighted by Crippen LogP contribution is -2.55. The standard InChI is InChI=1S/C18H30N2O3/c1-20(12-16(21)19-4-3-5-23-2)17(22)18-9-13-6-14(10-18)8-15(7-13)11-18/h13-15H,3-12H2,1-2H3,(H,19,21). The number of methoxy groups -OCH3 is 1. The van der Waals surface area contributed by atoms with Gasteiger partial charge in [-0.05, 0) is 62.7 Å². The number of amides is 2. The SMILES string of the molecule is COCCCNC(=O)CN(C)C(=O)C12CC3CC(CC(C3)C1)C2. The van der Waals surface area contributed by atoms with Gasteiger partial charge >= 0.3 is 0 Å². The topological polar surface area (TPSA) is 58.6 Å². The van der Waals surface area contributed by atoms with E-state index in [0.717, 1.165) is 43.4 Å². The summed E-state index contributed by atoms with van der Waals surface area (Å²) in [5.74, 6) is 2.40. The molecule has 0 saturated heterocycles. The zero-order chi connectivity index (χ0) is 16.4. The highest BCUT2D eigenvalue weighted by Gasteiger charge is 2.55. The van der Waals surface area contributed by atoms with E-state index in [2.05, 4.69) is 5.32 Å². The number of hydrogen-bond acceptors (Lipinski definition) is 3. The zero-order valence-corrected chi connectivity index (χ0v) is 14.5. The normalized spacial score (nSPS) is 34.4. The molecule has 4 fully saturated rings. The fraction of sp³-hybridized carbons (Fsp3) is 0.889. The summed E-state index contributed by atoms with van der Waals surface area (Å²) in [6.07, 6.45) is 7.95. The van der Waals surface area contributed by atoms with Crippen LogP contribution in [-0.4, -0.2) is 50.6 Å². The smallest absolute Gasteiger partial charge is 0.239 e. The van der Waals surface area contributed by atoms with Crippen LogP contribution in [0.2, 0.25) is 0 Å². The Morgan fingerprint density at radius 2 is 1.70 bits per heavy atom. The number of rotatable bonds is 7. The van der Waals surface area contributed by atoms with E-state index in [1.165, 1.54) is 19.3 Å². The minimum absolute atomic E-state index is 0.0679. The fourth-order valence-corrected chi connectivity index (χ4v) is 5.56. The van der Waals surface area contributed by atoms with Crippen molar-refractivity contribution < 1.29 is 14.3 Å². The number of ether oxygens (including phenoxy) is 1. The second-order valence-corrected chi connectivity index (χ2v) is 8.06. The van der Waals surface area contributed by atoms with Gasteiger partial charge in [-0.1, -0.05) is 0 Å². The van der Waals surface area contributed by atoms with Crippen molar-refractivity contribution in [1.82, 2.24) is 10.2 Å². The average Bonchev–Trinajstić information content (AvgIpc) is 2.49. The summed E-state index contributed by atoms with van der Waals surface area (Å²) in [4.78, 5) is 26.7. The zero-order valence-electron chi connectivity index (χ0n) is 14.5. The van der Waals surface area contributed by atoms with Crippen LogP contribution < -0.4 is 5.32 Å². The molecule has 1 N–H and O–H groups in total. The molecule has 130 valence electrons. The van der Waals surface area contributed by atoms with Crippen molar-refractivity contribution in [2.75, 3.05) is 33.9 Å². The molecule has 0 spiro atoms. The first kappa shape index (κ1) is 16.7. The number of nitrogens with one attached hydrogen (secondary N) is 1. The van der Waals surface area contributed by atoms with Gasteiger partial charge in [0.25, 0.3) is 0 Å². The van der Waals surface area contributed by atoms with Gasteiger partial charge in [0.2, 0.25) is 11.8 Å². The third kappa shape index (κ3) is 3.54. The molecule has 0 atom stereocenters. The van der Waals surface area contributed by atoms with Crippen LogP contribution in [-0.2, 0) is 14.3 Å². The van der Waals surface area contributed by atoms with Gasteiger partial charge in [-0.25, -0.2) is 0 Å². The molecule has 0 heterocycles. The van der Waals surface area contributed by atoms with Gasteiger partial charge in [0.05, 0.1) is 12.0 Å². The van der Waals surface area contributed by atoms with Gasteiger partial charge in [0.1, 0.15) is 0 Å².